The number of hydrogen-bond donors (Lipinski definition) is 2. The summed E-state index contributed by atoms with van der Waals surface area (Å²) in [5.41, 5.74) is 4.41. The number of hydrogen-bond acceptors (Lipinski definition) is 6. The number of nitrogens with one attached hydrogen (secondary N) is 2. The Kier molecular flexibility index (Phi) is 7.33. The van der Waals surface area contributed by atoms with E-state index in [-0.39, 0.29) is 11.9 Å². The van der Waals surface area contributed by atoms with Crippen LogP contribution in [0.3, 0.4) is 0 Å². The second-order valence-corrected chi connectivity index (χ2v) is 12.5. The lowest BCUT2D eigenvalue weighted by atomic mass is 9.94. The van der Waals surface area contributed by atoms with Gasteiger partial charge < -0.3 is 14.4 Å². The molecule has 2 aromatic carbocycles. The molecule has 1 saturated carbocycles. The molecule has 5 rings (SSSR count). The van der Waals surface area contributed by atoms with Crippen molar-refractivity contribution in [2.45, 2.75) is 50.8 Å². The molecule has 0 aliphatic heterocycles. The summed E-state index contributed by atoms with van der Waals surface area (Å²) >= 11 is -1.34. The standard InChI is InChI=1S/C29H32N4O3S/c1-29(2,3)37(35)33-25(17-20-9-8-13-24(31-20)28(34)30-18-19-15-16-19)21-10-4-5-11-22(21)27-23-12-6-7-14-26(23)36-32-27/h4-14,19,25,33H,15-18H2,1-3H3,(H,30,34). The zero-order chi connectivity index (χ0) is 26.0. The molecule has 0 saturated heterocycles. The van der Waals surface area contributed by atoms with Crippen molar-refractivity contribution in [2.75, 3.05) is 6.54 Å². The molecule has 37 heavy (non-hydrogen) atoms. The first-order valence-corrected chi connectivity index (χ1v) is 13.8. The van der Waals surface area contributed by atoms with E-state index in [0.29, 0.717) is 30.2 Å². The maximum absolute atomic E-state index is 13.3. The lowest BCUT2D eigenvalue weighted by Crippen LogP contribution is -2.42. The van der Waals surface area contributed by atoms with Gasteiger partial charge in [0.1, 0.15) is 16.1 Å². The average molecular weight is 517 g/mol. The molecule has 0 radical (unpaired) electrons. The molecule has 1 aliphatic rings. The first-order valence-electron chi connectivity index (χ1n) is 12.7. The van der Waals surface area contributed by atoms with Crippen LogP contribution in [-0.2, 0) is 17.8 Å². The molecule has 8 heteroatoms. The third-order valence-electron chi connectivity index (χ3n) is 6.48. The Morgan fingerprint density at radius 2 is 1.84 bits per heavy atom. The first-order chi connectivity index (χ1) is 17.8. The average Bonchev–Trinajstić information content (AvgIpc) is 3.63. The van der Waals surface area contributed by atoms with Gasteiger partial charge in [0.25, 0.3) is 5.91 Å². The van der Waals surface area contributed by atoms with Gasteiger partial charge in [0.05, 0.1) is 6.04 Å². The minimum absolute atomic E-state index is 0.161. The highest BCUT2D eigenvalue weighted by atomic mass is 32.2. The van der Waals surface area contributed by atoms with Gasteiger partial charge in [-0.1, -0.05) is 47.6 Å². The van der Waals surface area contributed by atoms with E-state index < -0.39 is 16.1 Å². The van der Waals surface area contributed by atoms with Crippen molar-refractivity contribution in [1.29, 1.82) is 0 Å². The van der Waals surface area contributed by atoms with Crippen molar-refractivity contribution in [2.24, 2.45) is 5.92 Å². The van der Waals surface area contributed by atoms with Crippen LogP contribution in [0.4, 0.5) is 0 Å². The van der Waals surface area contributed by atoms with Crippen LogP contribution < -0.4 is 10.0 Å². The Morgan fingerprint density at radius 3 is 2.62 bits per heavy atom. The highest BCUT2D eigenvalue weighted by Crippen LogP contribution is 2.35. The summed E-state index contributed by atoms with van der Waals surface area (Å²) in [4.78, 5) is 17.3. The third-order valence-corrected chi connectivity index (χ3v) is 8.09. The van der Waals surface area contributed by atoms with Crippen molar-refractivity contribution in [3.8, 4) is 11.3 Å². The number of carbonyl (C=O) groups is 1. The number of rotatable bonds is 9. The maximum atomic E-state index is 13.3. The molecule has 1 amide bonds. The summed E-state index contributed by atoms with van der Waals surface area (Å²) in [7, 11) is 0. The van der Waals surface area contributed by atoms with Crippen LogP contribution >= 0.6 is 0 Å². The second kappa shape index (κ2) is 10.7. The number of aromatic nitrogens is 2. The van der Waals surface area contributed by atoms with Crippen LogP contribution in [0.2, 0.25) is 0 Å². The molecule has 7 nitrogen and oxygen atoms in total. The number of amides is 1. The van der Waals surface area contributed by atoms with Gasteiger partial charge in [0.15, 0.2) is 5.58 Å². The number of carbonyl (C=O) groups excluding carboxylic acids is 1. The number of nitrogens with zero attached hydrogens (tertiary/aromatic N) is 2. The van der Waals surface area contributed by atoms with Gasteiger partial charge in [0, 0.05) is 41.0 Å². The number of benzene rings is 2. The second-order valence-electron chi connectivity index (χ2n) is 10.5. The smallest absolute Gasteiger partial charge is 0.269 e. The van der Waals surface area contributed by atoms with E-state index in [9.17, 15) is 9.35 Å². The highest BCUT2D eigenvalue weighted by molar-refractivity contribution is 7.90. The summed E-state index contributed by atoms with van der Waals surface area (Å²) in [6.07, 6.45) is 2.79. The van der Waals surface area contributed by atoms with Crippen molar-refractivity contribution in [1.82, 2.24) is 20.2 Å². The summed E-state index contributed by atoms with van der Waals surface area (Å²) in [6.45, 7) is 6.51. The van der Waals surface area contributed by atoms with Gasteiger partial charge in [-0.25, -0.2) is 4.98 Å². The van der Waals surface area contributed by atoms with Crippen LogP contribution in [0.25, 0.3) is 22.2 Å². The summed E-state index contributed by atoms with van der Waals surface area (Å²) in [5, 5.41) is 8.27. The summed E-state index contributed by atoms with van der Waals surface area (Å²) in [6, 6.07) is 20.8. The molecule has 2 aromatic heterocycles. The van der Waals surface area contributed by atoms with E-state index in [2.05, 4.69) is 20.2 Å². The maximum Gasteiger partial charge on any atom is 0.269 e. The predicted molar refractivity (Wildman–Crippen MR) is 146 cm³/mol. The van der Waals surface area contributed by atoms with E-state index in [1.807, 2.05) is 81.4 Å². The van der Waals surface area contributed by atoms with Crippen LogP contribution in [0.1, 0.15) is 61.4 Å². The number of para-hydroxylation sites is 1. The Labute approximate surface area is 220 Å². The lowest BCUT2D eigenvalue weighted by molar-refractivity contribution is 0.0946. The topological polar surface area (TPSA) is 103 Å². The van der Waals surface area contributed by atoms with Gasteiger partial charge in [-0.3, -0.25) is 4.79 Å². The molecule has 2 atom stereocenters. The van der Waals surface area contributed by atoms with Crippen LogP contribution in [0.5, 0.6) is 0 Å². The summed E-state index contributed by atoms with van der Waals surface area (Å²) in [5.74, 6) is 0.434. The normalized spacial score (nSPS) is 15.5. The van der Waals surface area contributed by atoms with E-state index >= 15 is 0 Å². The third kappa shape index (κ3) is 6.04. The molecule has 2 N–H and O–H groups in total. The SMILES string of the molecule is CC(C)(C)[S+]([O-])NC(Cc1cccc(C(=O)NCC2CC2)n1)c1ccccc1-c1noc2ccccc12. The molecule has 0 spiro atoms. The quantitative estimate of drug-likeness (QED) is 0.290. The molecule has 192 valence electrons. The number of fused-ring (bicyclic) bond motifs is 1. The minimum Gasteiger partial charge on any atom is -0.598 e. The monoisotopic (exact) mass is 516 g/mol. The highest BCUT2D eigenvalue weighted by Gasteiger charge is 2.32. The molecule has 2 heterocycles. The zero-order valence-corrected chi connectivity index (χ0v) is 22.2. The molecular weight excluding hydrogens is 484 g/mol. The van der Waals surface area contributed by atoms with E-state index in [0.717, 1.165) is 27.9 Å². The number of pyridine rings is 1. The van der Waals surface area contributed by atoms with Gasteiger partial charge in [-0.15, -0.1) is 4.72 Å². The predicted octanol–water partition coefficient (Wildman–Crippen LogP) is 5.37. The van der Waals surface area contributed by atoms with Gasteiger partial charge >= 0.3 is 0 Å². The minimum atomic E-state index is -1.34. The van der Waals surface area contributed by atoms with Gasteiger partial charge in [0.2, 0.25) is 0 Å². The Morgan fingerprint density at radius 1 is 1.08 bits per heavy atom. The van der Waals surface area contributed by atoms with Crippen LogP contribution in [0, 0.1) is 5.92 Å². The molecular formula is C29H32N4O3S. The van der Waals surface area contributed by atoms with Crippen molar-refractivity contribution >= 4 is 28.2 Å². The van der Waals surface area contributed by atoms with E-state index in [1.165, 1.54) is 12.8 Å². The fraction of sp³-hybridized carbons (Fsp3) is 0.345. The van der Waals surface area contributed by atoms with Gasteiger partial charge in [-0.2, -0.15) is 0 Å². The zero-order valence-electron chi connectivity index (χ0n) is 21.4. The first kappa shape index (κ1) is 25.4. The summed E-state index contributed by atoms with van der Waals surface area (Å²) < 4.78 is 21.7. The van der Waals surface area contributed by atoms with E-state index in [4.69, 9.17) is 4.52 Å². The molecule has 1 fully saturated rings. The van der Waals surface area contributed by atoms with E-state index in [1.54, 1.807) is 6.07 Å². The fourth-order valence-electron chi connectivity index (χ4n) is 4.20. The fourth-order valence-corrected chi connectivity index (χ4v) is 5.02. The Bertz CT molecular complexity index is 1390. The molecule has 4 aromatic rings. The van der Waals surface area contributed by atoms with Crippen molar-refractivity contribution in [3.63, 3.8) is 0 Å². The Hall–Kier alpha value is -3.20. The molecule has 2 unspecified atom stereocenters. The lowest BCUT2D eigenvalue weighted by Gasteiger charge is -2.29. The van der Waals surface area contributed by atoms with Gasteiger partial charge in [-0.05, 0) is 69.4 Å². The van der Waals surface area contributed by atoms with Crippen LogP contribution in [0.15, 0.2) is 71.3 Å². The van der Waals surface area contributed by atoms with Crippen molar-refractivity contribution < 1.29 is 13.9 Å². The largest absolute Gasteiger partial charge is 0.598 e. The Balaban J connectivity index is 1.49. The molecule has 0 bridgehead atoms. The van der Waals surface area contributed by atoms with Crippen LogP contribution in [-0.4, -0.2) is 31.9 Å². The van der Waals surface area contributed by atoms with Crippen molar-refractivity contribution in [3.05, 3.63) is 83.7 Å². The molecule has 1 aliphatic carbocycles.